The number of aromatic nitrogens is 4. The van der Waals surface area contributed by atoms with E-state index in [9.17, 15) is 14.4 Å². The molecule has 3 N–H and O–H groups in total. The molecule has 0 saturated carbocycles. The van der Waals surface area contributed by atoms with Crippen LogP contribution in [0, 0.1) is 6.92 Å². The quantitative estimate of drug-likeness (QED) is 0.519. The van der Waals surface area contributed by atoms with E-state index in [0.29, 0.717) is 5.56 Å². The second-order valence-corrected chi connectivity index (χ2v) is 5.37. The molecule has 0 atom stereocenters. The number of aliphatic carboxylic acids is 1. The molecule has 0 radical (unpaired) electrons. The summed E-state index contributed by atoms with van der Waals surface area (Å²) in [5.74, 6) is -1.45. The smallest absolute Gasteiger partial charge is 0.305 e. The monoisotopic (exact) mass is 348 g/mol. The third-order valence-electron chi connectivity index (χ3n) is 3.41. The van der Waals surface area contributed by atoms with Crippen molar-refractivity contribution >= 4 is 17.8 Å². The molecule has 2 amide bonds. The Hall–Kier alpha value is -3.17. The maximum atomic E-state index is 11.9. The van der Waals surface area contributed by atoms with Gasteiger partial charge in [-0.25, -0.2) is 0 Å². The molecule has 2 aromatic rings. The molecule has 10 nitrogen and oxygen atoms in total. The second-order valence-electron chi connectivity index (χ2n) is 5.37. The Balaban J connectivity index is 1.67. The predicted octanol–water partition coefficient (Wildman–Crippen LogP) is -0.591. The van der Waals surface area contributed by atoms with E-state index in [1.165, 1.54) is 17.1 Å². The average Bonchev–Trinajstić information content (AvgIpc) is 3.19. The van der Waals surface area contributed by atoms with Gasteiger partial charge in [-0.05, 0) is 13.0 Å². The number of hydrogen-bond acceptors (Lipinski definition) is 5. The first kappa shape index (κ1) is 18.2. The lowest BCUT2D eigenvalue weighted by molar-refractivity contribution is -0.137. The van der Waals surface area contributed by atoms with Gasteiger partial charge in [-0.3, -0.25) is 23.7 Å². The largest absolute Gasteiger partial charge is 0.481 e. The first-order valence-corrected chi connectivity index (χ1v) is 7.73. The van der Waals surface area contributed by atoms with Gasteiger partial charge in [0.25, 0.3) is 5.91 Å². The van der Waals surface area contributed by atoms with Crippen molar-refractivity contribution < 1.29 is 19.5 Å². The highest BCUT2D eigenvalue weighted by molar-refractivity contribution is 5.93. The van der Waals surface area contributed by atoms with Gasteiger partial charge >= 0.3 is 5.97 Å². The maximum Gasteiger partial charge on any atom is 0.305 e. The van der Waals surface area contributed by atoms with Crippen LogP contribution in [0.2, 0.25) is 0 Å². The van der Waals surface area contributed by atoms with Gasteiger partial charge in [0, 0.05) is 31.2 Å². The average molecular weight is 348 g/mol. The van der Waals surface area contributed by atoms with Crippen LogP contribution in [-0.2, 0) is 22.7 Å². The van der Waals surface area contributed by atoms with Gasteiger partial charge in [-0.2, -0.15) is 10.2 Å². The zero-order chi connectivity index (χ0) is 18.2. The number of carboxylic acid groups (broad SMARTS) is 1. The van der Waals surface area contributed by atoms with Gasteiger partial charge in [0.2, 0.25) is 5.91 Å². The normalized spacial score (nSPS) is 10.4. The molecule has 0 aliphatic heterocycles. The summed E-state index contributed by atoms with van der Waals surface area (Å²) in [6, 6.07) is 1.81. The number of hydrogen-bond donors (Lipinski definition) is 3. The molecular weight excluding hydrogens is 328 g/mol. The van der Waals surface area contributed by atoms with Gasteiger partial charge in [-0.1, -0.05) is 0 Å². The standard InChI is InChI=1S/C15H20N6O4/c1-11-2-4-18-21(11)10-13(22)16-5-6-17-15(25)12-8-19-20(9-12)7-3-14(23)24/h2,4,8-9H,3,5-7,10H2,1H3,(H,16,22)(H,17,25)(H,23,24). The summed E-state index contributed by atoms with van der Waals surface area (Å²) in [6.45, 7) is 2.74. The first-order chi connectivity index (χ1) is 12.0. The van der Waals surface area contributed by atoms with E-state index in [1.807, 2.05) is 13.0 Å². The van der Waals surface area contributed by atoms with Crippen LogP contribution in [0.1, 0.15) is 22.5 Å². The number of aryl methyl sites for hydroxylation is 2. The number of carbonyl (C=O) groups is 3. The van der Waals surface area contributed by atoms with Crippen molar-refractivity contribution in [3.05, 3.63) is 35.9 Å². The Bertz CT molecular complexity index is 751. The predicted molar refractivity (Wildman–Crippen MR) is 86.8 cm³/mol. The Morgan fingerprint density at radius 3 is 2.64 bits per heavy atom. The van der Waals surface area contributed by atoms with Crippen molar-refractivity contribution in [3.63, 3.8) is 0 Å². The molecule has 2 heterocycles. The van der Waals surface area contributed by atoms with Crippen molar-refractivity contribution in [1.82, 2.24) is 30.2 Å². The molecule has 0 fully saturated rings. The van der Waals surface area contributed by atoms with Gasteiger partial charge in [0.15, 0.2) is 0 Å². The molecule has 2 rings (SSSR count). The molecule has 0 saturated heterocycles. The van der Waals surface area contributed by atoms with Crippen LogP contribution in [0.15, 0.2) is 24.7 Å². The Labute approximate surface area is 143 Å². The molecule has 0 unspecified atom stereocenters. The Morgan fingerprint density at radius 1 is 1.20 bits per heavy atom. The SMILES string of the molecule is Cc1ccnn1CC(=O)NCCNC(=O)c1cnn(CCC(=O)O)c1. The number of amides is 2. The van der Waals surface area contributed by atoms with E-state index in [-0.39, 0.29) is 44.4 Å². The van der Waals surface area contributed by atoms with Crippen molar-refractivity contribution in [2.45, 2.75) is 26.4 Å². The highest BCUT2D eigenvalue weighted by Gasteiger charge is 2.09. The fourth-order valence-corrected chi connectivity index (χ4v) is 2.05. The van der Waals surface area contributed by atoms with Crippen molar-refractivity contribution in [2.24, 2.45) is 0 Å². The summed E-state index contributed by atoms with van der Waals surface area (Å²) >= 11 is 0. The van der Waals surface area contributed by atoms with Gasteiger partial charge in [-0.15, -0.1) is 0 Å². The van der Waals surface area contributed by atoms with Crippen LogP contribution in [0.25, 0.3) is 0 Å². The topological polar surface area (TPSA) is 131 Å². The van der Waals surface area contributed by atoms with Crippen LogP contribution in [0.3, 0.4) is 0 Å². The molecule has 25 heavy (non-hydrogen) atoms. The van der Waals surface area contributed by atoms with Crippen molar-refractivity contribution in [3.8, 4) is 0 Å². The van der Waals surface area contributed by atoms with E-state index < -0.39 is 5.97 Å². The van der Waals surface area contributed by atoms with E-state index in [0.717, 1.165) is 5.69 Å². The highest BCUT2D eigenvalue weighted by atomic mass is 16.4. The minimum absolute atomic E-state index is 0.0650. The zero-order valence-electron chi connectivity index (χ0n) is 13.8. The summed E-state index contributed by atoms with van der Waals surface area (Å²) in [5, 5.41) is 21.9. The van der Waals surface area contributed by atoms with Crippen LogP contribution in [-0.4, -0.2) is 55.5 Å². The fourth-order valence-electron chi connectivity index (χ4n) is 2.05. The third kappa shape index (κ3) is 5.75. The van der Waals surface area contributed by atoms with E-state index in [1.54, 1.807) is 10.9 Å². The minimum Gasteiger partial charge on any atom is -0.481 e. The number of rotatable bonds is 9. The van der Waals surface area contributed by atoms with Crippen molar-refractivity contribution in [2.75, 3.05) is 13.1 Å². The summed E-state index contributed by atoms with van der Waals surface area (Å²) in [4.78, 5) is 34.2. The fraction of sp³-hybridized carbons (Fsp3) is 0.400. The Morgan fingerprint density at radius 2 is 1.96 bits per heavy atom. The lowest BCUT2D eigenvalue weighted by Gasteiger charge is -2.07. The van der Waals surface area contributed by atoms with E-state index >= 15 is 0 Å². The van der Waals surface area contributed by atoms with Crippen LogP contribution >= 0.6 is 0 Å². The summed E-state index contributed by atoms with van der Waals surface area (Å²) < 4.78 is 2.98. The molecule has 0 aliphatic carbocycles. The lowest BCUT2D eigenvalue weighted by Crippen LogP contribution is -2.36. The van der Waals surface area contributed by atoms with Crippen molar-refractivity contribution in [1.29, 1.82) is 0 Å². The Kier molecular flexibility index (Phi) is 6.26. The molecule has 10 heteroatoms. The van der Waals surface area contributed by atoms with E-state index in [2.05, 4.69) is 20.8 Å². The zero-order valence-corrected chi connectivity index (χ0v) is 13.8. The number of nitrogens with one attached hydrogen (secondary N) is 2. The van der Waals surface area contributed by atoms with Gasteiger partial charge in [0.05, 0.1) is 24.7 Å². The molecule has 134 valence electrons. The molecule has 0 aliphatic rings. The van der Waals surface area contributed by atoms with Gasteiger partial charge < -0.3 is 15.7 Å². The second kappa shape index (κ2) is 8.62. The first-order valence-electron chi connectivity index (χ1n) is 7.73. The number of carboxylic acids is 1. The molecular formula is C15H20N6O4. The third-order valence-corrected chi connectivity index (χ3v) is 3.41. The summed E-state index contributed by atoms with van der Waals surface area (Å²) in [7, 11) is 0. The lowest BCUT2D eigenvalue weighted by atomic mass is 10.3. The maximum absolute atomic E-state index is 11.9. The highest BCUT2D eigenvalue weighted by Crippen LogP contribution is 1.99. The van der Waals surface area contributed by atoms with Crippen LogP contribution in [0.5, 0.6) is 0 Å². The van der Waals surface area contributed by atoms with E-state index in [4.69, 9.17) is 5.11 Å². The van der Waals surface area contributed by atoms with Gasteiger partial charge in [0.1, 0.15) is 6.54 Å². The molecule has 0 spiro atoms. The molecule has 2 aromatic heterocycles. The minimum atomic E-state index is -0.928. The summed E-state index contributed by atoms with van der Waals surface area (Å²) in [5.41, 5.74) is 1.23. The summed E-state index contributed by atoms with van der Waals surface area (Å²) in [6.07, 6.45) is 4.41. The molecule has 0 aromatic carbocycles. The van der Waals surface area contributed by atoms with Crippen LogP contribution in [0.4, 0.5) is 0 Å². The number of nitrogens with zero attached hydrogens (tertiary/aromatic N) is 4. The van der Waals surface area contributed by atoms with Crippen LogP contribution < -0.4 is 10.6 Å². The molecule has 0 bridgehead atoms. The number of carbonyl (C=O) groups excluding carboxylic acids is 2.